The van der Waals surface area contributed by atoms with E-state index in [-0.39, 0.29) is 6.04 Å². The highest BCUT2D eigenvalue weighted by atomic mass is 35.5. The summed E-state index contributed by atoms with van der Waals surface area (Å²) < 4.78 is 3.57. The van der Waals surface area contributed by atoms with Crippen LogP contribution in [0.4, 0.5) is 0 Å². The maximum Gasteiger partial charge on any atom is 0.177 e. The fraction of sp³-hybridized carbons (Fsp3) is 0.188. The van der Waals surface area contributed by atoms with Crippen molar-refractivity contribution < 1.29 is 0 Å². The van der Waals surface area contributed by atoms with Crippen LogP contribution in [0.3, 0.4) is 0 Å². The topological polar surface area (TPSA) is 64.3 Å². The first-order valence-corrected chi connectivity index (χ1v) is 7.69. The number of hydrogen-bond acceptors (Lipinski definition) is 3. The Kier molecular flexibility index (Phi) is 3.20. The van der Waals surface area contributed by atoms with E-state index >= 15 is 0 Å². The Labute approximate surface area is 137 Å². The summed E-state index contributed by atoms with van der Waals surface area (Å²) in [7, 11) is 1.83. The molecule has 1 N–H and O–H groups in total. The Morgan fingerprint density at radius 2 is 2.00 bits per heavy atom. The van der Waals surface area contributed by atoms with Gasteiger partial charge in [-0.15, -0.1) is 0 Å². The fourth-order valence-corrected chi connectivity index (χ4v) is 2.97. The molecule has 0 saturated heterocycles. The van der Waals surface area contributed by atoms with Gasteiger partial charge in [0.05, 0.1) is 17.3 Å². The smallest absolute Gasteiger partial charge is 0.177 e. The second-order valence-electron chi connectivity index (χ2n) is 5.50. The van der Waals surface area contributed by atoms with E-state index in [9.17, 15) is 0 Å². The van der Waals surface area contributed by atoms with Crippen LogP contribution in [-0.2, 0) is 7.05 Å². The molecule has 1 atom stereocenters. The predicted octanol–water partition coefficient (Wildman–Crippen LogP) is 3.42. The van der Waals surface area contributed by atoms with Gasteiger partial charge in [0.2, 0.25) is 0 Å². The number of aryl methyl sites for hydroxylation is 1. The van der Waals surface area contributed by atoms with Crippen LogP contribution in [0, 0.1) is 0 Å². The molecule has 3 heterocycles. The quantitative estimate of drug-likeness (QED) is 0.627. The molecule has 0 radical (unpaired) electrons. The number of rotatable bonds is 3. The van der Waals surface area contributed by atoms with Crippen LogP contribution >= 0.6 is 11.6 Å². The Morgan fingerprint density at radius 3 is 2.70 bits per heavy atom. The van der Waals surface area contributed by atoms with Crippen molar-refractivity contribution in [2.24, 2.45) is 7.05 Å². The minimum absolute atomic E-state index is 0.0871. The third-order valence-corrected chi connectivity index (χ3v) is 4.17. The van der Waals surface area contributed by atoms with Crippen molar-refractivity contribution in [3.63, 3.8) is 0 Å². The van der Waals surface area contributed by atoms with Crippen molar-refractivity contribution in [1.82, 2.24) is 29.5 Å². The monoisotopic (exact) mass is 326 g/mol. The van der Waals surface area contributed by atoms with Crippen LogP contribution in [0.2, 0.25) is 5.02 Å². The second-order valence-corrected chi connectivity index (χ2v) is 5.91. The van der Waals surface area contributed by atoms with Gasteiger partial charge < -0.3 is 4.98 Å². The lowest BCUT2D eigenvalue weighted by atomic mass is 10.1. The zero-order valence-electron chi connectivity index (χ0n) is 12.7. The van der Waals surface area contributed by atoms with Crippen molar-refractivity contribution in [2.45, 2.75) is 13.0 Å². The Balaban J connectivity index is 1.80. The number of halogens is 1. The molecule has 0 unspecified atom stereocenters. The molecular weight excluding hydrogens is 312 g/mol. The molecule has 0 aliphatic heterocycles. The van der Waals surface area contributed by atoms with Crippen molar-refractivity contribution >= 4 is 22.8 Å². The molecule has 4 aromatic rings. The van der Waals surface area contributed by atoms with Crippen LogP contribution in [0.25, 0.3) is 22.7 Å². The molecule has 4 rings (SSSR count). The summed E-state index contributed by atoms with van der Waals surface area (Å²) in [5.74, 6) is 0.650. The SMILES string of the molecule is C[C@H](c1ccccc1)n1ncc2[nH]c(-c3nn(C)cc3Cl)nc21. The molecule has 1 aromatic carbocycles. The van der Waals surface area contributed by atoms with E-state index in [1.807, 2.05) is 29.9 Å². The first kappa shape index (κ1) is 14.0. The minimum Gasteiger partial charge on any atom is -0.334 e. The summed E-state index contributed by atoms with van der Waals surface area (Å²) in [5.41, 5.74) is 3.48. The lowest BCUT2D eigenvalue weighted by Gasteiger charge is -2.12. The largest absolute Gasteiger partial charge is 0.334 e. The van der Waals surface area contributed by atoms with Crippen LogP contribution in [0.5, 0.6) is 0 Å². The zero-order valence-corrected chi connectivity index (χ0v) is 13.5. The van der Waals surface area contributed by atoms with E-state index in [0.29, 0.717) is 16.5 Å². The van der Waals surface area contributed by atoms with Gasteiger partial charge in [0.1, 0.15) is 11.2 Å². The van der Waals surface area contributed by atoms with Gasteiger partial charge in [-0.3, -0.25) is 4.68 Å². The minimum atomic E-state index is 0.0871. The van der Waals surface area contributed by atoms with Crippen LogP contribution in [0.1, 0.15) is 18.5 Å². The first-order valence-electron chi connectivity index (χ1n) is 7.31. The lowest BCUT2D eigenvalue weighted by molar-refractivity contribution is 0.579. The Morgan fingerprint density at radius 1 is 1.22 bits per heavy atom. The summed E-state index contributed by atoms with van der Waals surface area (Å²) in [5, 5.41) is 9.38. The Bertz CT molecular complexity index is 965. The van der Waals surface area contributed by atoms with E-state index in [0.717, 1.165) is 11.2 Å². The number of aromatic amines is 1. The molecule has 116 valence electrons. The average Bonchev–Trinajstić information content (AvgIpc) is 3.21. The average molecular weight is 327 g/mol. The van der Waals surface area contributed by atoms with Gasteiger partial charge in [0.15, 0.2) is 11.5 Å². The summed E-state index contributed by atoms with van der Waals surface area (Å²) in [6, 6.07) is 10.3. The molecule has 0 spiro atoms. The van der Waals surface area contributed by atoms with E-state index in [4.69, 9.17) is 11.6 Å². The van der Waals surface area contributed by atoms with Gasteiger partial charge in [0.25, 0.3) is 0 Å². The van der Waals surface area contributed by atoms with Gasteiger partial charge in [-0.2, -0.15) is 10.2 Å². The zero-order chi connectivity index (χ0) is 16.0. The maximum atomic E-state index is 6.21. The molecule has 0 amide bonds. The molecule has 6 nitrogen and oxygen atoms in total. The summed E-state index contributed by atoms with van der Waals surface area (Å²) in [4.78, 5) is 7.89. The van der Waals surface area contributed by atoms with Gasteiger partial charge in [0, 0.05) is 13.2 Å². The normalized spacial score (nSPS) is 12.8. The highest BCUT2D eigenvalue weighted by Gasteiger charge is 2.18. The molecular formula is C16H15ClN6. The number of nitrogens with zero attached hydrogens (tertiary/aromatic N) is 5. The molecule has 0 aliphatic carbocycles. The number of imidazole rings is 1. The molecule has 3 aromatic heterocycles. The van der Waals surface area contributed by atoms with Gasteiger partial charge in [-0.25, -0.2) is 9.67 Å². The summed E-state index contributed by atoms with van der Waals surface area (Å²) >= 11 is 6.21. The molecule has 0 bridgehead atoms. The maximum absolute atomic E-state index is 6.21. The van der Waals surface area contributed by atoms with E-state index < -0.39 is 0 Å². The van der Waals surface area contributed by atoms with Crippen LogP contribution in [0.15, 0.2) is 42.7 Å². The van der Waals surface area contributed by atoms with Crippen molar-refractivity contribution in [2.75, 3.05) is 0 Å². The number of hydrogen-bond donors (Lipinski definition) is 1. The third-order valence-electron chi connectivity index (χ3n) is 3.90. The highest BCUT2D eigenvalue weighted by molar-refractivity contribution is 6.32. The molecule has 7 heteroatoms. The van der Waals surface area contributed by atoms with Crippen molar-refractivity contribution in [3.8, 4) is 11.5 Å². The number of benzene rings is 1. The number of fused-ring (bicyclic) bond motifs is 1. The molecule has 0 aliphatic rings. The van der Waals surface area contributed by atoms with Gasteiger partial charge in [-0.1, -0.05) is 41.9 Å². The van der Waals surface area contributed by atoms with Gasteiger partial charge in [-0.05, 0) is 12.5 Å². The fourth-order valence-electron chi connectivity index (χ4n) is 2.71. The lowest BCUT2D eigenvalue weighted by Crippen LogP contribution is -2.08. The number of aromatic nitrogens is 6. The van der Waals surface area contributed by atoms with Crippen LogP contribution in [-0.4, -0.2) is 29.5 Å². The summed E-state index contributed by atoms with van der Waals surface area (Å²) in [6.45, 7) is 2.10. The van der Waals surface area contributed by atoms with E-state index in [1.54, 1.807) is 17.1 Å². The van der Waals surface area contributed by atoms with E-state index in [2.05, 4.69) is 39.2 Å². The standard InChI is InChI=1S/C16H15ClN6/c1-10(11-6-4-3-5-7-11)23-16-13(8-18-23)19-15(20-16)14-12(17)9-22(2)21-14/h3-10H,1-2H3,(H,19,20)/t10-/m1/s1. The Hall–Kier alpha value is -2.60. The van der Waals surface area contributed by atoms with E-state index in [1.165, 1.54) is 5.56 Å². The number of H-pyrrole nitrogens is 1. The highest BCUT2D eigenvalue weighted by Crippen LogP contribution is 2.27. The third kappa shape index (κ3) is 2.31. The van der Waals surface area contributed by atoms with Gasteiger partial charge >= 0.3 is 0 Å². The number of nitrogens with one attached hydrogen (secondary N) is 1. The molecule has 0 fully saturated rings. The molecule has 0 saturated carbocycles. The first-order chi connectivity index (χ1) is 11.1. The second kappa shape index (κ2) is 5.24. The van der Waals surface area contributed by atoms with Crippen LogP contribution < -0.4 is 0 Å². The molecule has 23 heavy (non-hydrogen) atoms. The van der Waals surface area contributed by atoms with Crippen molar-refractivity contribution in [1.29, 1.82) is 0 Å². The summed E-state index contributed by atoms with van der Waals surface area (Å²) in [6.07, 6.45) is 3.53. The van der Waals surface area contributed by atoms with Crippen molar-refractivity contribution in [3.05, 3.63) is 53.3 Å². The predicted molar refractivity (Wildman–Crippen MR) is 89.3 cm³/mol.